The van der Waals surface area contributed by atoms with Crippen molar-refractivity contribution in [1.29, 1.82) is 0 Å². The number of hydrogen-bond donors (Lipinski definition) is 2. The Bertz CT molecular complexity index is 1510. The van der Waals surface area contributed by atoms with Crippen LogP contribution >= 0.6 is 0 Å². The van der Waals surface area contributed by atoms with Crippen molar-refractivity contribution in [3.8, 4) is 5.82 Å². The van der Waals surface area contributed by atoms with Gasteiger partial charge >= 0.3 is 0 Å². The first-order valence-corrected chi connectivity index (χ1v) is 17.4. The van der Waals surface area contributed by atoms with E-state index in [9.17, 15) is 13.6 Å². The topological polar surface area (TPSA) is 104 Å². The number of likely N-dealkylation sites (tertiary alicyclic amines) is 2. The van der Waals surface area contributed by atoms with Crippen LogP contribution in [-0.2, 0) is 9.53 Å². The molecule has 1 aliphatic carbocycles. The first-order valence-electron chi connectivity index (χ1n) is 17.4. The maximum Gasteiger partial charge on any atom is 0.296 e. The highest BCUT2D eigenvalue weighted by Crippen LogP contribution is 2.31. The fourth-order valence-corrected chi connectivity index (χ4v) is 7.74. The van der Waals surface area contributed by atoms with Crippen LogP contribution in [0.3, 0.4) is 0 Å². The van der Waals surface area contributed by atoms with Crippen molar-refractivity contribution in [2.75, 3.05) is 69.7 Å². The minimum atomic E-state index is -2.77. The number of ether oxygens (including phenoxy) is 1. The molecule has 3 aromatic rings. The summed E-state index contributed by atoms with van der Waals surface area (Å²) in [5.41, 5.74) is 1.07. The average Bonchev–Trinajstić information content (AvgIpc) is 3.50. The van der Waals surface area contributed by atoms with Crippen molar-refractivity contribution in [2.45, 2.75) is 75.9 Å². The highest BCUT2D eigenvalue weighted by Gasteiger charge is 2.32. The lowest BCUT2D eigenvalue weighted by molar-refractivity contribution is -0.127. The zero-order chi connectivity index (χ0) is 32.3. The number of halogens is 2. The molecule has 3 saturated heterocycles. The van der Waals surface area contributed by atoms with Crippen molar-refractivity contribution in [1.82, 2.24) is 34.6 Å². The summed E-state index contributed by atoms with van der Waals surface area (Å²) in [6.07, 6.45) is 5.09. The van der Waals surface area contributed by atoms with Crippen molar-refractivity contribution in [3.63, 3.8) is 0 Å². The van der Waals surface area contributed by atoms with E-state index in [0.29, 0.717) is 61.0 Å². The first kappa shape index (κ1) is 32.1. The Labute approximate surface area is 275 Å². The van der Waals surface area contributed by atoms with E-state index in [1.54, 1.807) is 24.3 Å². The van der Waals surface area contributed by atoms with Gasteiger partial charge in [-0.1, -0.05) is 12.1 Å². The number of nitrogens with zero attached hydrogens (tertiary/aromatic N) is 7. The van der Waals surface area contributed by atoms with Gasteiger partial charge in [0, 0.05) is 43.2 Å². The maximum absolute atomic E-state index is 14.2. The summed E-state index contributed by atoms with van der Waals surface area (Å²) in [6, 6.07) is 9.85. The van der Waals surface area contributed by atoms with Crippen LogP contribution in [0, 0.1) is 5.92 Å². The van der Waals surface area contributed by atoms with Crippen molar-refractivity contribution < 1.29 is 18.3 Å². The SMILES string of the molecule is CN1CCC(N2CCC(C(=O)NC3CCC(Nc4cc(-n5c(C(F)F)nc6ccccc65)nc(N5CCOCC5)n4)CC3)CC2)CC1. The average molecular weight is 652 g/mol. The van der Waals surface area contributed by atoms with E-state index in [2.05, 4.69) is 32.5 Å². The zero-order valence-electron chi connectivity index (χ0n) is 27.3. The lowest BCUT2D eigenvalue weighted by Gasteiger charge is -2.41. The summed E-state index contributed by atoms with van der Waals surface area (Å²) in [4.78, 5) is 34.1. The zero-order valence-corrected chi connectivity index (χ0v) is 27.3. The standard InChI is InChI=1S/C34H47F2N9O2/c1-42-14-12-26(13-15-42)43-16-10-23(11-17-43)33(46)38-25-8-6-24(7-9-25)37-29-22-30(41-34(40-29)44-18-20-47-21-19-44)45-28-5-3-2-4-27(28)39-32(45)31(35)36/h2-5,22-26,31H,6-21H2,1H3,(H,38,46)(H,37,40,41). The van der Waals surface area contributed by atoms with E-state index in [0.717, 1.165) is 64.7 Å². The summed E-state index contributed by atoms with van der Waals surface area (Å²) >= 11 is 0. The third-order valence-electron chi connectivity index (χ3n) is 10.5. The molecule has 1 saturated carbocycles. The second-order valence-corrected chi connectivity index (χ2v) is 13.7. The van der Waals surface area contributed by atoms with Gasteiger partial charge in [-0.3, -0.25) is 9.36 Å². The molecule has 2 N–H and O–H groups in total. The fourth-order valence-electron chi connectivity index (χ4n) is 7.74. The molecule has 0 bridgehead atoms. The molecule has 7 rings (SSSR count). The van der Waals surface area contributed by atoms with E-state index in [4.69, 9.17) is 14.7 Å². The highest BCUT2D eigenvalue weighted by molar-refractivity contribution is 5.79. The molecule has 0 radical (unpaired) electrons. The highest BCUT2D eigenvalue weighted by atomic mass is 19.3. The summed E-state index contributed by atoms with van der Waals surface area (Å²) in [5, 5.41) is 6.95. The fraction of sp³-hybridized carbons (Fsp3) is 0.647. The third-order valence-corrected chi connectivity index (χ3v) is 10.5. The number of fused-ring (bicyclic) bond motifs is 1. The number of anilines is 2. The third kappa shape index (κ3) is 7.36. The molecule has 47 heavy (non-hydrogen) atoms. The van der Waals surface area contributed by atoms with Gasteiger partial charge in [0.1, 0.15) is 11.6 Å². The Morgan fingerprint density at radius 2 is 1.57 bits per heavy atom. The molecular formula is C34H47F2N9O2. The Morgan fingerprint density at radius 1 is 0.872 bits per heavy atom. The van der Waals surface area contributed by atoms with E-state index in [1.165, 1.54) is 17.4 Å². The summed E-state index contributed by atoms with van der Waals surface area (Å²) in [6.45, 7) is 6.72. The molecule has 0 atom stereocenters. The number of piperidine rings is 2. The molecule has 1 aromatic carbocycles. The number of carbonyl (C=O) groups excluding carboxylic acids is 1. The van der Waals surface area contributed by atoms with Crippen LogP contribution in [0.15, 0.2) is 30.3 Å². The second-order valence-electron chi connectivity index (χ2n) is 13.7. The molecule has 5 heterocycles. The number of nitrogens with one attached hydrogen (secondary N) is 2. The van der Waals surface area contributed by atoms with Crippen LogP contribution in [-0.4, -0.2) is 113 Å². The van der Waals surface area contributed by atoms with E-state index in [-0.39, 0.29) is 29.7 Å². The number of carbonyl (C=O) groups is 1. The normalized spacial score (nSPS) is 24.2. The number of morpholine rings is 1. The van der Waals surface area contributed by atoms with Crippen LogP contribution in [0.2, 0.25) is 0 Å². The van der Waals surface area contributed by atoms with Gasteiger partial charge in [0.05, 0.1) is 24.2 Å². The quantitative estimate of drug-likeness (QED) is 0.371. The number of rotatable bonds is 8. The van der Waals surface area contributed by atoms with Crippen LogP contribution in [0.25, 0.3) is 16.9 Å². The van der Waals surface area contributed by atoms with Gasteiger partial charge in [0.25, 0.3) is 6.43 Å². The molecule has 0 spiro atoms. The Balaban J connectivity index is 0.989. The summed E-state index contributed by atoms with van der Waals surface area (Å²) in [7, 11) is 2.20. The van der Waals surface area contributed by atoms with Crippen molar-refractivity contribution in [2.24, 2.45) is 5.92 Å². The van der Waals surface area contributed by atoms with E-state index in [1.807, 2.05) is 11.0 Å². The Hall–Kier alpha value is -3.42. The minimum Gasteiger partial charge on any atom is -0.378 e. The van der Waals surface area contributed by atoms with Gasteiger partial charge in [-0.15, -0.1) is 0 Å². The molecule has 2 aromatic heterocycles. The predicted molar refractivity (Wildman–Crippen MR) is 177 cm³/mol. The van der Waals surface area contributed by atoms with E-state index < -0.39 is 6.43 Å². The lowest BCUT2D eigenvalue weighted by atomic mass is 9.89. The van der Waals surface area contributed by atoms with Crippen molar-refractivity contribution >= 4 is 28.7 Å². The number of benzene rings is 1. The molecule has 11 nitrogen and oxygen atoms in total. The van der Waals surface area contributed by atoms with Crippen molar-refractivity contribution in [3.05, 3.63) is 36.2 Å². The number of amides is 1. The molecule has 4 aliphatic rings. The first-order chi connectivity index (χ1) is 22.9. The molecule has 0 unspecified atom stereocenters. The van der Waals surface area contributed by atoms with Gasteiger partial charge in [-0.25, -0.2) is 13.8 Å². The molecule has 1 amide bonds. The number of para-hydroxylation sites is 2. The van der Waals surface area contributed by atoms with Gasteiger partial charge in [-0.05, 0) is 96.7 Å². The van der Waals surface area contributed by atoms with Crippen LogP contribution in [0.4, 0.5) is 20.5 Å². The van der Waals surface area contributed by atoms with Crippen LogP contribution < -0.4 is 15.5 Å². The van der Waals surface area contributed by atoms with Gasteiger partial charge in [0.15, 0.2) is 5.82 Å². The van der Waals surface area contributed by atoms with Crippen LogP contribution in [0.5, 0.6) is 0 Å². The van der Waals surface area contributed by atoms with E-state index >= 15 is 0 Å². The maximum atomic E-state index is 14.2. The van der Waals surface area contributed by atoms with Crippen LogP contribution in [0.1, 0.15) is 63.6 Å². The number of aromatic nitrogens is 4. The lowest BCUT2D eigenvalue weighted by Crippen LogP contribution is -2.49. The molecular weight excluding hydrogens is 604 g/mol. The Morgan fingerprint density at radius 3 is 2.30 bits per heavy atom. The minimum absolute atomic E-state index is 0.101. The summed E-state index contributed by atoms with van der Waals surface area (Å²) < 4.78 is 35.4. The largest absolute Gasteiger partial charge is 0.378 e. The molecule has 4 fully saturated rings. The van der Waals surface area contributed by atoms with Gasteiger partial charge in [0.2, 0.25) is 11.9 Å². The monoisotopic (exact) mass is 651 g/mol. The smallest absolute Gasteiger partial charge is 0.296 e. The second kappa shape index (κ2) is 14.4. The molecule has 3 aliphatic heterocycles. The summed E-state index contributed by atoms with van der Waals surface area (Å²) in [5.74, 6) is 1.40. The number of hydrogen-bond acceptors (Lipinski definition) is 9. The van der Waals surface area contributed by atoms with Gasteiger partial charge < -0.3 is 30.1 Å². The number of alkyl halides is 2. The van der Waals surface area contributed by atoms with Gasteiger partial charge in [-0.2, -0.15) is 9.97 Å². The number of imidazole rings is 1. The molecule has 13 heteroatoms. The predicted octanol–water partition coefficient (Wildman–Crippen LogP) is 4.24. The molecule has 254 valence electrons. The Kier molecular flexibility index (Phi) is 9.83.